The molecule has 0 bridgehead atoms. The van der Waals surface area contributed by atoms with E-state index < -0.39 is 5.97 Å². The van der Waals surface area contributed by atoms with Crippen LogP contribution in [-0.4, -0.2) is 32.7 Å². The molecule has 0 aliphatic carbocycles. The topological polar surface area (TPSA) is 77.2 Å². The van der Waals surface area contributed by atoms with Crippen molar-refractivity contribution in [1.82, 2.24) is 15.0 Å². The third-order valence-electron chi connectivity index (χ3n) is 2.95. The lowest BCUT2D eigenvalue weighted by Gasteiger charge is -2.08. The van der Waals surface area contributed by atoms with Gasteiger partial charge in [0.15, 0.2) is 5.69 Å². The van der Waals surface area contributed by atoms with Gasteiger partial charge in [-0.25, -0.2) is 9.48 Å². The molecule has 6 heteroatoms. The maximum atomic E-state index is 10.9. The second kappa shape index (κ2) is 5.73. The van der Waals surface area contributed by atoms with Crippen LogP contribution in [0, 0.1) is 20.8 Å². The summed E-state index contributed by atoms with van der Waals surface area (Å²) in [7, 11) is 0. The summed E-state index contributed by atoms with van der Waals surface area (Å²) in [5, 5.41) is 16.3. The first-order chi connectivity index (χ1) is 9.47. The number of rotatable bonds is 5. The van der Waals surface area contributed by atoms with Crippen LogP contribution in [0.3, 0.4) is 0 Å². The summed E-state index contributed by atoms with van der Waals surface area (Å²) in [6.07, 6.45) is 0. The number of carbonyl (C=O) groups is 1. The van der Waals surface area contributed by atoms with E-state index in [2.05, 4.69) is 16.4 Å². The van der Waals surface area contributed by atoms with Crippen LogP contribution in [0.5, 0.6) is 5.75 Å². The summed E-state index contributed by atoms with van der Waals surface area (Å²) in [4.78, 5) is 10.9. The van der Waals surface area contributed by atoms with Gasteiger partial charge in [-0.3, -0.25) is 0 Å². The number of nitrogens with zero attached hydrogens (tertiary/aromatic N) is 3. The molecule has 0 spiro atoms. The Labute approximate surface area is 117 Å². The summed E-state index contributed by atoms with van der Waals surface area (Å²) in [5.41, 5.74) is 2.80. The fourth-order valence-electron chi connectivity index (χ4n) is 2.04. The molecule has 20 heavy (non-hydrogen) atoms. The minimum Gasteiger partial charge on any atom is -0.492 e. The number of aromatic nitrogens is 3. The van der Waals surface area contributed by atoms with Gasteiger partial charge in [-0.1, -0.05) is 11.3 Å². The monoisotopic (exact) mass is 275 g/mol. The predicted molar refractivity (Wildman–Crippen MR) is 73.1 cm³/mol. The molecule has 2 rings (SSSR count). The third-order valence-corrected chi connectivity index (χ3v) is 2.95. The molecule has 0 fully saturated rings. The Hall–Kier alpha value is -2.37. The SMILES string of the molecule is Cc1cc(C)cc(OCCn2nnc(C(=O)O)c2C)c1. The Morgan fingerprint density at radius 1 is 1.25 bits per heavy atom. The van der Waals surface area contributed by atoms with Crippen LogP contribution in [0.4, 0.5) is 0 Å². The lowest BCUT2D eigenvalue weighted by atomic mass is 10.1. The van der Waals surface area contributed by atoms with Gasteiger partial charge in [0.2, 0.25) is 0 Å². The summed E-state index contributed by atoms with van der Waals surface area (Å²) in [5.74, 6) is -0.261. The molecule has 2 aromatic rings. The maximum absolute atomic E-state index is 10.9. The van der Waals surface area contributed by atoms with Gasteiger partial charge in [-0.05, 0) is 44.0 Å². The number of carboxylic acids is 1. The maximum Gasteiger partial charge on any atom is 0.358 e. The van der Waals surface area contributed by atoms with Crippen LogP contribution in [0.2, 0.25) is 0 Å². The van der Waals surface area contributed by atoms with E-state index >= 15 is 0 Å². The summed E-state index contributed by atoms with van der Waals surface area (Å²) >= 11 is 0. The average Bonchev–Trinajstić information content (AvgIpc) is 2.70. The average molecular weight is 275 g/mol. The van der Waals surface area contributed by atoms with Crippen LogP contribution >= 0.6 is 0 Å². The van der Waals surface area contributed by atoms with Crippen LogP contribution in [0.25, 0.3) is 0 Å². The first kappa shape index (κ1) is 14.0. The molecule has 1 heterocycles. The van der Waals surface area contributed by atoms with Gasteiger partial charge in [-0.15, -0.1) is 5.10 Å². The number of ether oxygens (including phenoxy) is 1. The van der Waals surface area contributed by atoms with Crippen molar-refractivity contribution in [3.63, 3.8) is 0 Å². The highest BCUT2D eigenvalue weighted by Crippen LogP contribution is 2.16. The van der Waals surface area contributed by atoms with E-state index in [1.807, 2.05) is 26.0 Å². The highest BCUT2D eigenvalue weighted by atomic mass is 16.5. The molecule has 1 aromatic carbocycles. The lowest BCUT2D eigenvalue weighted by molar-refractivity contribution is 0.0689. The van der Waals surface area contributed by atoms with Crippen LogP contribution in [0.1, 0.15) is 27.3 Å². The fourth-order valence-corrected chi connectivity index (χ4v) is 2.04. The number of carboxylic acid groups (broad SMARTS) is 1. The zero-order valence-electron chi connectivity index (χ0n) is 11.8. The predicted octanol–water partition coefficient (Wildman–Crippen LogP) is 1.98. The molecule has 0 aliphatic heterocycles. The zero-order valence-corrected chi connectivity index (χ0v) is 11.8. The Kier molecular flexibility index (Phi) is 4.02. The fraction of sp³-hybridized carbons (Fsp3) is 0.357. The van der Waals surface area contributed by atoms with Gasteiger partial charge in [0.05, 0.1) is 12.2 Å². The highest BCUT2D eigenvalue weighted by molar-refractivity contribution is 5.86. The largest absolute Gasteiger partial charge is 0.492 e. The molecule has 1 aromatic heterocycles. The second-order valence-corrected chi connectivity index (χ2v) is 4.72. The molecule has 0 unspecified atom stereocenters. The van der Waals surface area contributed by atoms with Crippen LogP contribution < -0.4 is 4.74 Å². The van der Waals surface area contributed by atoms with E-state index in [9.17, 15) is 4.79 Å². The van der Waals surface area contributed by atoms with Gasteiger partial charge in [0, 0.05) is 0 Å². The molecule has 0 radical (unpaired) electrons. The van der Waals surface area contributed by atoms with E-state index in [4.69, 9.17) is 9.84 Å². The highest BCUT2D eigenvalue weighted by Gasteiger charge is 2.14. The number of benzene rings is 1. The molecular weight excluding hydrogens is 258 g/mol. The normalized spacial score (nSPS) is 10.6. The first-order valence-electron chi connectivity index (χ1n) is 6.32. The number of aryl methyl sites for hydroxylation is 2. The first-order valence-corrected chi connectivity index (χ1v) is 6.32. The lowest BCUT2D eigenvalue weighted by Crippen LogP contribution is -2.11. The van der Waals surface area contributed by atoms with Crippen molar-refractivity contribution in [1.29, 1.82) is 0 Å². The van der Waals surface area contributed by atoms with Crippen molar-refractivity contribution in [3.05, 3.63) is 40.7 Å². The molecule has 6 nitrogen and oxygen atoms in total. The van der Waals surface area contributed by atoms with Gasteiger partial charge in [-0.2, -0.15) is 0 Å². The molecule has 1 N–H and O–H groups in total. The molecule has 0 atom stereocenters. The minimum atomic E-state index is -1.07. The number of hydrogen-bond acceptors (Lipinski definition) is 4. The molecule has 0 aliphatic rings. The Morgan fingerprint density at radius 3 is 2.45 bits per heavy atom. The second-order valence-electron chi connectivity index (χ2n) is 4.72. The molecule has 0 saturated carbocycles. The van der Waals surface area contributed by atoms with Gasteiger partial charge >= 0.3 is 5.97 Å². The summed E-state index contributed by atoms with van der Waals surface area (Å²) in [6.45, 7) is 6.58. The summed E-state index contributed by atoms with van der Waals surface area (Å²) in [6, 6.07) is 6.00. The van der Waals surface area contributed by atoms with E-state index in [1.165, 1.54) is 4.68 Å². The van der Waals surface area contributed by atoms with E-state index in [0.29, 0.717) is 18.8 Å². The molecule has 106 valence electrons. The number of aromatic carboxylic acids is 1. The Bertz CT molecular complexity index is 614. The van der Waals surface area contributed by atoms with Crippen molar-refractivity contribution < 1.29 is 14.6 Å². The van der Waals surface area contributed by atoms with Gasteiger partial charge < -0.3 is 9.84 Å². The van der Waals surface area contributed by atoms with Gasteiger partial charge in [0.1, 0.15) is 12.4 Å². The van der Waals surface area contributed by atoms with E-state index in [-0.39, 0.29) is 5.69 Å². The van der Waals surface area contributed by atoms with Crippen molar-refractivity contribution >= 4 is 5.97 Å². The van der Waals surface area contributed by atoms with Crippen LogP contribution in [-0.2, 0) is 6.54 Å². The molecule has 0 amide bonds. The van der Waals surface area contributed by atoms with Crippen molar-refractivity contribution in [2.24, 2.45) is 0 Å². The van der Waals surface area contributed by atoms with E-state index in [0.717, 1.165) is 16.9 Å². The van der Waals surface area contributed by atoms with Crippen molar-refractivity contribution in [3.8, 4) is 5.75 Å². The van der Waals surface area contributed by atoms with E-state index in [1.54, 1.807) is 6.92 Å². The van der Waals surface area contributed by atoms with Crippen molar-refractivity contribution in [2.45, 2.75) is 27.3 Å². The third kappa shape index (κ3) is 3.14. The smallest absolute Gasteiger partial charge is 0.358 e. The minimum absolute atomic E-state index is 0.0172. The molecular formula is C14H17N3O3. The van der Waals surface area contributed by atoms with Gasteiger partial charge in [0.25, 0.3) is 0 Å². The summed E-state index contributed by atoms with van der Waals surface area (Å²) < 4.78 is 7.19. The molecule has 0 saturated heterocycles. The van der Waals surface area contributed by atoms with Crippen molar-refractivity contribution in [2.75, 3.05) is 6.61 Å². The quantitative estimate of drug-likeness (QED) is 0.902. The standard InChI is InChI=1S/C14H17N3O3/c1-9-6-10(2)8-12(7-9)20-5-4-17-11(3)13(14(18)19)15-16-17/h6-8H,4-5H2,1-3H3,(H,18,19). The Balaban J connectivity index is 1.98. The van der Waals surface area contributed by atoms with Crippen LogP contribution in [0.15, 0.2) is 18.2 Å². The Morgan fingerprint density at radius 2 is 1.90 bits per heavy atom. The number of hydrogen-bond donors (Lipinski definition) is 1. The zero-order chi connectivity index (χ0) is 14.7.